The van der Waals surface area contributed by atoms with Crippen molar-refractivity contribution in [3.63, 3.8) is 0 Å². The summed E-state index contributed by atoms with van der Waals surface area (Å²) in [7, 11) is 1.82. The van der Waals surface area contributed by atoms with Crippen molar-refractivity contribution in [3.8, 4) is 5.69 Å². The van der Waals surface area contributed by atoms with Gasteiger partial charge in [0.25, 0.3) is 5.91 Å². The first-order chi connectivity index (χ1) is 17.5. The highest BCUT2D eigenvalue weighted by atomic mass is 16.2. The number of likely N-dealkylation sites (tertiary alicyclic amines) is 1. The summed E-state index contributed by atoms with van der Waals surface area (Å²) in [6.07, 6.45) is 7.94. The van der Waals surface area contributed by atoms with Crippen molar-refractivity contribution in [2.24, 2.45) is 0 Å². The number of rotatable bonds is 9. The number of amides is 1. The maximum Gasteiger partial charge on any atom is 0.291 e. The van der Waals surface area contributed by atoms with Crippen LogP contribution in [-0.4, -0.2) is 78.3 Å². The van der Waals surface area contributed by atoms with Gasteiger partial charge in [0.05, 0.1) is 11.9 Å². The predicted octanol–water partition coefficient (Wildman–Crippen LogP) is 3.21. The number of nitrogens with zero attached hydrogens (tertiary/aromatic N) is 8. The van der Waals surface area contributed by atoms with Crippen LogP contribution >= 0.6 is 0 Å². The fraction of sp³-hybridized carbons (Fsp3) is 0.423. The largest absolute Gasteiger partial charge is 0.350 e. The highest BCUT2D eigenvalue weighted by Crippen LogP contribution is 2.22. The van der Waals surface area contributed by atoms with Gasteiger partial charge in [-0.25, -0.2) is 9.67 Å². The molecule has 4 heterocycles. The van der Waals surface area contributed by atoms with Crippen LogP contribution in [0.25, 0.3) is 11.3 Å². The van der Waals surface area contributed by atoms with E-state index in [0.29, 0.717) is 24.7 Å². The summed E-state index contributed by atoms with van der Waals surface area (Å²) in [6.45, 7) is 8.38. The first-order valence-electron chi connectivity index (χ1n) is 12.6. The number of carbonyl (C=O) groups excluding carboxylic acids is 1. The van der Waals surface area contributed by atoms with Gasteiger partial charge in [-0.05, 0) is 49.5 Å². The molecule has 0 bridgehead atoms. The molecular formula is C26H33N9O. The number of fused-ring (bicyclic) bond motifs is 1. The van der Waals surface area contributed by atoms with E-state index in [0.717, 1.165) is 36.4 Å². The third-order valence-corrected chi connectivity index (χ3v) is 6.69. The molecule has 10 nitrogen and oxygen atoms in total. The lowest BCUT2D eigenvalue weighted by atomic mass is 10.1. The van der Waals surface area contributed by atoms with E-state index in [2.05, 4.69) is 44.2 Å². The van der Waals surface area contributed by atoms with E-state index in [1.165, 1.54) is 12.8 Å². The van der Waals surface area contributed by atoms with Gasteiger partial charge in [0.1, 0.15) is 0 Å². The SMILES string of the molecule is CC(C)c1cnn2c(NCc3ccccc3-n3cccn3)nc(C(=O)N(C)CCN3CCCC3)nc12. The van der Waals surface area contributed by atoms with E-state index in [1.807, 2.05) is 54.5 Å². The van der Waals surface area contributed by atoms with Gasteiger partial charge in [-0.2, -0.15) is 19.7 Å². The molecule has 5 rings (SSSR count). The van der Waals surface area contributed by atoms with Crippen LogP contribution in [0.3, 0.4) is 0 Å². The average Bonchev–Trinajstić information content (AvgIpc) is 3.67. The minimum Gasteiger partial charge on any atom is -0.350 e. The molecule has 1 saturated heterocycles. The third-order valence-electron chi connectivity index (χ3n) is 6.69. The summed E-state index contributed by atoms with van der Waals surface area (Å²) in [6, 6.07) is 9.95. The molecule has 0 saturated carbocycles. The Hall–Kier alpha value is -3.79. The third kappa shape index (κ3) is 4.94. The number of carbonyl (C=O) groups is 1. The van der Waals surface area contributed by atoms with Gasteiger partial charge < -0.3 is 15.1 Å². The molecule has 36 heavy (non-hydrogen) atoms. The number of hydrogen-bond acceptors (Lipinski definition) is 7. The molecule has 0 radical (unpaired) electrons. The maximum absolute atomic E-state index is 13.3. The van der Waals surface area contributed by atoms with Crippen molar-refractivity contribution in [2.75, 3.05) is 38.5 Å². The smallest absolute Gasteiger partial charge is 0.291 e. The normalized spacial score (nSPS) is 14.1. The zero-order valence-electron chi connectivity index (χ0n) is 21.1. The number of para-hydroxylation sites is 1. The zero-order valence-corrected chi connectivity index (χ0v) is 21.1. The second kappa shape index (κ2) is 10.4. The standard InChI is InChI=1S/C26H33N9O/c1-19(2)21-18-29-35-24(21)30-23(25(36)32(3)15-16-33-12-6-7-13-33)31-26(35)27-17-20-9-4-5-10-22(20)34-14-8-11-28-34/h4-5,8-11,14,18-19H,6-7,12-13,15-17H2,1-3H3,(H,27,30,31). The number of hydrogen-bond donors (Lipinski definition) is 1. The monoisotopic (exact) mass is 487 g/mol. The Labute approximate surface area is 211 Å². The van der Waals surface area contributed by atoms with Gasteiger partial charge in [0.15, 0.2) is 5.65 Å². The van der Waals surface area contributed by atoms with Crippen molar-refractivity contribution in [2.45, 2.75) is 39.2 Å². The molecule has 1 aromatic carbocycles. The van der Waals surface area contributed by atoms with Crippen LogP contribution in [0.2, 0.25) is 0 Å². The Morgan fingerprint density at radius 3 is 2.67 bits per heavy atom. The number of benzene rings is 1. The lowest BCUT2D eigenvalue weighted by Gasteiger charge is -2.21. The highest BCUT2D eigenvalue weighted by Gasteiger charge is 2.22. The van der Waals surface area contributed by atoms with E-state index >= 15 is 0 Å². The fourth-order valence-electron chi connectivity index (χ4n) is 4.55. The Morgan fingerprint density at radius 1 is 1.11 bits per heavy atom. The van der Waals surface area contributed by atoms with Gasteiger partial charge in [-0.15, -0.1) is 0 Å². The molecule has 1 fully saturated rings. The lowest BCUT2D eigenvalue weighted by Crippen LogP contribution is -2.36. The van der Waals surface area contributed by atoms with Crippen LogP contribution in [-0.2, 0) is 6.54 Å². The molecule has 10 heteroatoms. The number of aromatic nitrogens is 6. The molecule has 0 atom stereocenters. The predicted molar refractivity (Wildman–Crippen MR) is 138 cm³/mol. The van der Waals surface area contributed by atoms with Crippen molar-refractivity contribution in [1.82, 2.24) is 39.2 Å². The first kappa shape index (κ1) is 23.9. The van der Waals surface area contributed by atoms with Crippen molar-refractivity contribution in [1.29, 1.82) is 0 Å². The van der Waals surface area contributed by atoms with E-state index in [4.69, 9.17) is 0 Å². The summed E-state index contributed by atoms with van der Waals surface area (Å²) >= 11 is 0. The van der Waals surface area contributed by atoms with Crippen LogP contribution in [0, 0.1) is 0 Å². The molecular weight excluding hydrogens is 454 g/mol. The fourth-order valence-corrected chi connectivity index (χ4v) is 4.55. The van der Waals surface area contributed by atoms with E-state index < -0.39 is 0 Å². The molecule has 0 aliphatic carbocycles. The summed E-state index contributed by atoms with van der Waals surface area (Å²) in [5.41, 5.74) is 3.65. The Kier molecular flexibility index (Phi) is 6.95. The second-order valence-electron chi connectivity index (χ2n) is 9.57. The minimum absolute atomic E-state index is 0.177. The molecule has 0 spiro atoms. The number of anilines is 1. The summed E-state index contributed by atoms with van der Waals surface area (Å²) in [5.74, 6) is 0.685. The zero-order chi connectivity index (χ0) is 25.1. The topological polar surface area (TPSA) is 96.5 Å². The van der Waals surface area contributed by atoms with E-state index in [9.17, 15) is 4.79 Å². The molecule has 1 aliphatic heterocycles. The van der Waals surface area contributed by atoms with Crippen molar-refractivity contribution in [3.05, 3.63) is 65.9 Å². The van der Waals surface area contributed by atoms with Crippen LogP contribution in [0.5, 0.6) is 0 Å². The van der Waals surface area contributed by atoms with Gasteiger partial charge >= 0.3 is 0 Å². The van der Waals surface area contributed by atoms with Gasteiger partial charge in [-0.1, -0.05) is 32.0 Å². The van der Waals surface area contributed by atoms with Crippen LogP contribution < -0.4 is 5.32 Å². The molecule has 1 amide bonds. The van der Waals surface area contributed by atoms with E-state index in [1.54, 1.807) is 15.6 Å². The molecule has 3 aromatic heterocycles. The average molecular weight is 488 g/mol. The molecule has 4 aromatic rings. The van der Waals surface area contributed by atoms with Gasteiger partial charge in [0, 0.05) is 44.6 Å². The summed E-state index contributed by atoms with van der Waals surface area (Å²) < 4.78 is 3.52. The summed E-state index contributed by atoms with van der Waals surface area (Å²) in [5, 5.41) is 12.3. The molecule has 1 aliphatic rings. The van der Waals surface area contributed by atoms with Crippen LogP contribution in [0.15, 0.2) is 48.9 Å². The Morgan fingerprint density at radius 2 is 1.92 bits per heavy atom. The van der Waals surface area contributed by atoms with Crippen molar-refractivity contribution < 1.29 is 4.79 Å². The Bertz CT molecular complexity index is 1320. The quantitative estimate of drug-likeness (QED) is 0.387. The highest BCUT2D eigenvalue weighted by molar-refractivity contribution is 5.91. The second-order valence-corrected chi connectivity index (χ2v) is 9.57. The Balaban J connectivity index is 1.42. The maximum atomic E-state index is 13.3. The number of nitrogens with one attached hydrogen (secondary N) is 1. The molecule has 0 unspecified atom stereocenters. The van der Waals surface area contributed by atoms with E-state index in [-0.39, 0.29) is 17.6 Å². The first-order valence-corrected chi connectivity index (χ1v) is 12.6. The van der Waals surface area contributed by atoms with Gasteiger partial charge in [0.2, 0.25) is 11.8 Å². The van der Waals surface area contributed by atoms with Crippen LogP contribution in [0.1, 0.15) is 54.4 Å². The molecule has 1 N–H and O–H groups in total. The molecule has 188 valence electrons. The minimum atomic E-state index is -0.187. The van der Waals surface area contributed by atoms with Gasteiger partial charge in [-0.3, -0.25) is 4.79 Å². The summed E-state index contributed by atoms with van der Waals surface area (Å²) in [4.78, 5) is 26.7. The van der Waals surface area contributed by atoms with Crippen molar-refractivity contribution >= 4 is 17.5 Å². The van der Waals surface area contributed by atoms with Crippen LogP contribution in [0.4, 0.5) is 5.95 Å². The lowest BCUT2D eigenvalue weighted by molar-refractivity contribution is 0.0770. The number of likely N-dealkylation sites (N-methyl/N-ethyl adjacent to an activating group) is 1.